The Morgan fingerprint density at radius 2 is 2.20 bits per heavy atom. The van der Waals surface area contributed by atoms with E-state index in [2.05, 4.69) is 19.9 Å². The maximum absolute atomic E-state index is 14.0. The third-order valence-electron chi connectivity index (χ3n) is 4.66. The van der Waals surface area contributed by atoms with Crippen LogP contribution in [-0.4, -0.2) is 53.5 Å². The lowest BCUT2D eigenvalue weighted by molar-refractivity contribution is 0.00103. The molecule has 1 aliphatic carbocycles. The van der Waals surface area contributed by atoms with Gasteiger partial charge in [0.05, 0.1) is 25.9 Å². The number of aromatic nitrogens is 3. The fourth-order valence-corrected chi connectivity index (χ4v) is 3.52. The first kappa shape index (κ1) is 16.0. The maximum Gasteiger partial charge on any atom is 0.250 e. The van der Waals surface area contributed by atoms with E-state index in [1.165, 1.54) is 18.6 Å². The van der Waals surface area contributed by atoms with Gasteiger partial charge in [-0.3, -0.25) is 0 Å². The van der Waals surface area contributed by atoms with Crippen LogP contribution in [-0.2, 0) is 4.74 Å². The minimum absolute atomic E-state index is 0.00937. The van der Waals surface area contributed by atoms with Crippen molar-refractivity contribution in [3.8, 4) is 11.8 Å². The molecule has 4 rings (SSSR count). The van der Waals surface area contributed by atoms with Gasteiger partial charge >= 0.3 is 0 Å². The van der Waals surface area contributed by atoms with Crippen molar-refractivity contribution in [1.29, 1.82) is 0 Å². The summed E-state index contributed by atoms with van der Waals surface area (Å²) < 4.78 is 31.0. The molecule has 132 valence electrons. The molecule has 0 radical (unpaired) electrons. The summed E-state index contributed by atoms with van der Waals surface area (Å²) in [5.41, 5.74) is 0. The zero-order chi connectivity index (χ0) is 17.2. The van der Waals surface area contributed by atoms with Crippen molar-refractivity contribution in [3.63, 3.8) is 0 Å². The van der Waals surface area contributed by atoms with Crippen LogP contribution in [0.2, 0.25) is 0 Å². The first-order valence-corrected chi connectivity index (χ1v) is 8.27. The largest absolute Gasteiger partial charge is 0.481 e. The van der Waals surface area contributed by atoms with E-state index in [0.717, 1.165) is 18.7 Å². The van der Waals surface area contributed by atoms with Crippen LogP contribution < -0.4 is 14.4 Å². The van der Waals surface area contributed by atoms with Crippen LogP contribution in [0.25, 0.3) is 0 Å². The highest BCUT2D eigenvalue weighted by molar-refractivity contribution is 5.43. The quantitative estimate of drug-likeness (QED) is 0.836. The van der Waals surface area contributed by atoms with E-state index in [0.29, 0.717) is 19.0 Å². The summed E-state index contributed by atoms with van der Waals surface area (Å²) >= 11 is 0. The Labute approximate surface area is 144 Å². The van der Waals surface area contributed by atoms with E-state index in [4.69, 9.17) is 14.2 Å². The number of rotatable bonds is 4. The second-order valence-corrected chi connectivity index (χ2v) is 6.04. The van der Waals surface area contributed by atoms with Crippen LogP contribution in [0.15, 0.2) is 30.7 Å². The fraction of sp³-hybridized carbons (Fsp3) is 0.471. The summed E-state index contributed by atoms with van der Waals surface area (Å²) in [7, 11) is 1.57. The molecule has 3 heterocycles. The Balaban J connectivity index is 1.63. The molecule has 0 amide bonds. The van der Waals surface area contributed by atoms with Crippen molar-refractivity contribution >= 4 is 5.82 Å². The lowest BCUT2D eigenvalue weighted by Crippen LogP contribution is -2.45. The first-order valence-electron chi connectivity index (χ1n) is 8.27. The Bertz CT molecular complexity index is 747. The highest BCUT2D eigenvalue weighted by Crippen LogP contribution is 2.35. The van der Waals surface area contributed by atoms with Crippen LogP contribution in [0.1, 0.15) is 12.8 Å². The van der Waals surface area contributed by atoms with Crippen LogP contribution in [0.5, 0.6) is 11.8 Å². The maximum atomic E-state index is 14.0. The Morgan fingerprint density at radius 3 is 3.04 bits per heavy atom. The molecule has 8 heteroatoms. The molecule has 25 heavy (non-hydrogen) atoms. The van der Waals surface area contributed by atoms with Gasteiger partial charge in [-0.15, -0.1) is 0 Å². The van der Waals surface area contributed by atoms with Gasteiger partial charge in [0.25, 0.3) is 5.88 Å². The van der Waals surface area contributed by atoms with Gasteiger partial charge in [-0.05, 0) is 25.0 Å². The number of nitrogens with zero attached hydrogens (tertiary/aromatic N) is 4. The highest BCUT2D eigenvalue weighted by atomic mass is 19.1. The van der Waals surface area contributed by atoms with E-state index in [9.17, 15) is 4.39 Å². The van der Waals surface area contributed by atoms with E-state index in [1.54, 1.807) is 19.2 Å². The van der Waals surface area contributed by atoms with E-state index >= 15 is 0 Å². The number of pyridine rings is 1. The minimum Gasteiger partial charge on any atom is -0.481 e. The molecule has 2 aromatic rings. The summed E-state index contributed by atoms with van der Waals surface area (Å²) in [6.45, 7) is 1.23. The van der Waals surface area contributed by atoms with Gasteiger partial charge < -0.3 is 19.1 Å². The standard InChI is InChI=1S/C17H19FN4O3/c1-23-15-9-14(20-10-21-15)22-7-8-24-13-5-4-12(22)16(13)25-17-11(18)3-2-6-19-17/h2-3,6,9-10,12-13,16H,4-5,7-8H2,1H3. The van der Waals surface area contributed by atoms with E-state index < -0.39 is 5.82 Å². The monoisotopic (exact) mass is 346 g/mol. The molecule has 3 atom stereocenters. The van der Waals surface area contributed by atoms with Gasteiger partial charge in [-0.1, -0.05) is 0 Å². The molecule has 7 nitrogen and oxygen atoms in total. The van der Waals surface area contributed by atoms with Crippen molar-refractivity contribution in [1.82, 2.24) is 15.0 Å². The predicted octanol–water partition coefficient (Wildman–Crippen LogP) is 1.83. The highest BCUT2D eigenvalue weighted by Gasteiger charge is 2.45. The van der Waals surface area contributed by atoms with Crippen LogP contribution in [0, 0.1) is 5.82 Å². The second-order valence-electron chi connectivity index (χ2n) is 6.04. The molecule has 0 N–H and O–H groups in total. The lowest BCUT2D eigenvalue weighted by Gasteiger charge is -2.32. The summed E-state index contributed by atoms with van der Waals surface area (Å²) in [6, 6.07) is 4.69. The van der Waals surface area contributed by atoms with Crippen LogP contribution in [0.3, 0.4) is 0 Å². The van der Waals surface area contributed by atoms with Crippen molar-refractivity contribution in [3.05, 3.63) is 36.5 Å². The number of anilines is 1. The third-order valence-corrected chi connectivity index (χ3v) is 4.66. The van der Waals surface area contributed by atoms with E-state index in [1.807, 2.05) is 0 Å². The first-order chi connectivity index (χ1) is 12.3. The zero-order valence-electron chi connectivity index (χ0n) is 13.8. The van der Waals surface area contributed by atoms with Gasteiger partial charge in [-0.2, -0.15) is 0 Å². The molecule has 1 saturated carbocycles. The molecule has 2 fully saturated rings. The molecule has 1 saturated heterocycles. The molecule has 2 aliphatic rings. The molecule has 2 aromatic heterocycles. The predicted molar refractivity (Wildman–Crippen MR) is 87.3 cm³/mol. The van der Waals surface area contributed by atoms with Gasteiger partial charge in [-0.25, -0.2) is 19.3 Å². The molecule has 0 spiro atoms. The molecular formula is C17H19FN4O3. The second kappa shape index (κ2) is 6.79. The van der Waals surface area contributed by atoms with Gasteiger partial charge in [0.1, 0.15) is 18.2 Å². The average Bonchev–Trinajstić information content (AvgIpc) is 2.92. The average molecular weight is 346 g/mol. The Hall–Kier alpha value is -2.48. The van der Waals surface area contributed by atoms with Gasteiger partial charge in [0.15, 0.2) is 5.82 Å². The van der Waals surface area contributed by atoms with Crippen molar-refractivity contribution in [2.75, 3.05) is 25.2 Å². The van der Waals surface area contributed by atoms with Crippen LogP contribution >= 0.6 is 0 Å². The molecule has 3 unspecified atom stereocenters. The molecular weight excluding hydrogens is 327 g/mol. The number of hydrogen-bond donors (Lipinski definition) is 0. The number of methoxy groups -OCH3 is 1. The number of hydrogen-bond acceptors (Lipinski definition) is 7. The van der Waals surface area contributed by atoms with Gasteiger partial charge in [0.2, 0.25) is 5.88 Å². The zero-order valence-corrected chi connectivity index (χ0v) is 13.8. The minimum atomic E-state index is -0.471. The number of ether oxygens (including phenoxy) is 3. The van der Waals surface area contributed by atoms with Gasteiger partial charge in [0, 0.05) is 18.8 Å². The van der Waals surface area contributed by atoms with E-state index in [-0.39, 0.29) is 24.1 Å². The summed E-state index contributed by atoms with van der Waals surface area (Å²) in [5, 5.41) is 0. The Morgan fingerprint density at radius 1 is 1.28 bits per heavy atom. The summed E-state index contributed by atoms with van der Waals surface area (Å²) in [4.78, 5) is 14.6. The number of halogens is 1. The molecule has 2 bridgehead atoms. The normalized spacial score (nSPS) is 25.5. The Kier molecular flexibility index (Phi) is 4.35. The van der Waals surface area contributed by atoms with Crippen LogP contribution in [0.4, 0.5) is 10.2 Å². The topological polar surface area (TPSA) is 69.6 Å². The molecule has 1 aliphatic heterocycles. The van der Waals surface area contributed by atoms with Crippen molar-refractivity contribution in [2.24, 2.45) is 0 Å². The van der Waals surface area contributed by atoms with Crippen molar-refractivity contribution in [2.45, 2.75) is 31.1 Å². The smallest absolute Gasteiger partial charge is 0.250 e. The van der Waals surface area contributed by atoms with Crippen molar-refractivity contribution < 1.29 is 18.6 Å². The third kappa shape index (κ3) is 3.09. The SMILES string of the molecule is COc1cc(N2CCOC3CCC2C3Oc2ncccc2F)ncn1. The summed E-state index contributed by atoms with van der Waals surface area (Å²) in [6.07, 6.45) is 4.32. The molecule has 0 aromatic carbocycles. The number of fused-ring (bicyclic) bond motifs is 2. The summed E-state index contributed by atoms with van der Waals surface area (Å²) in [5.74, 6) is 0.785. The lowest BCUT2D eigenvalue weighted by atomic mass is 10.1. The fourth-order valence-electron chi connectivity index (χ4n) is 3.52.